The zero-order chi connectivity index (χ0) is 19.8. The number of amides is 2. The zero-order valence-corrected chi connectivity index (χ0v) is 17.0. The number of likely N-dealkylation sites (N-methyl/N-ethyl adjacent to an activating group) is 1. The van der Waals surface area contributed by atoms with Crippen molar-refractivity contribution in [2.75, 3.05) is 33.2 Å². The molecule has 0 saturated carbocycles. The van der Waals surface area contributed by atoms with Crippen molar-refractivity contribution in [1.29, 1.82) is 0 Å². The molecule has 1 N–H and O–H groups in total. The molecular weight excluding hydrogens is 346 g/mol. The minimum Gasteiger partial charge on any atom is -0.441 e. The third-order valence-corrected chi connectivity index (χ3v) is 5.67. The fraction of sp³-hybridized carbons (Fsp3) is 0.737. The lowest BCUT2D eigenvalue weighted by Gasteiger charge is -2.31. The maximum Gasteiger partial charge on any atom is 0.410 e. The number of rotatable bonds is 5. The molecule has 1 spiro atoms. The van der Waals surface area contributed by atoms with E-state index in [1.165, 1.54) is 0 Å². The van der Waals surface area contributed by atoms with E-state index in [9.17, 15) is 9.59 Å². The Morgan fingerprint density at radius 3 is 2.59 bits per heavy atom. The normalized spacial score (nSPS) is 19.0. The summed E-state index contributed by atoms with van der Waals surface area (Å²) in [6.45, 7) is 10.9. The van der Waals surface area contributed by atoms with Crippen LogP contribution < -0.4 is 5.32 Å². The zero-order valence-electron chi connectivity index (χ0n) is 17.0. The molecule has 2 saturated heterocycles. The summed E-state index contributed by atoms with van der Waals surface area (Å²) in [5.74, 6) is -0.0889. The van der Waals surface area contributed by atoms with Gasteiger partial charge in [0.05, 0.1) is 12.2 Å². The van der Waals surface area contributed by atoms with Crippen LogP contribution in [-0.2, 0) is 16.1 Å². The predicted octanol–water partition coefficient (Wildman–Crippen LogP) is 1.61. The van der Waals surface area contributed by atoms with E-state index >= 15 is 0 Å². The van der Waals surface area contributed by atoms with Gasteiger partial charge in [-0.1, -0.05) is 0 Å². The van der Waals surface area contributed by atoms with Gasteiger partial charge in [0.25, 0.3) is 0 Å². The number of hydrogen-bond donors (Lipinski definition) is 1. The molecule has 0 bridgehead atoms. The maximum atomic E-state index is 12.7. The second-order valence-electron chi connectivity index (χ2n) is 8.09. The highest BCUT2D eigenvalue weighted by Gasteiger charge is 2.46. The molecule has 0 aromatic carbocycles. The monoisotopic (exact) mass is 377 g/mol. The van der Waals surface area contributed by atoms with Crippen molar-refractivity contribution in [3.8, 4) is 0 Å². The van der Waals surface area contributed by atoms with Gasteiger partial charge in [0.1, 0.15) is 12.1 Å². The standard InChI is InChI=1S/C19H31N5O3/c1-13(2)24-15(4)16(14(3)21-24)10-22(5)17(25)11-23-12-19(27-18(23)26)6-8-20-9-7-19/h13,20H,6-12H2,1-5H3. The van der Waals surface area contributed by atoms with Gasteiger partial charge in [-0.3, -0.25) is 14.4 Å². The lowest BCUT2D eigenvalue weighted by Crippen LogP contribution is -2.46. The van der Waals surface area contributed by atoms with E-state index in [4.69, 9.17) is 4.74 Å². The van der Waals surface area contributed by atoms with E-state index in [2.05, 4.69) is 24.3 Å². The summed E-state index contributed by atoms with van der Waals surface area (Å²) in [6.07, 6.45) is 1.22. The lowest BCUT2D eigenvalue weighted by atomic mass is 9.92. The molecule has 0 atom stereocenters. The molecule has 3 heterocycles. The smallest absolute Gasteiger partial charge is 0.410 e. The Labute approximate surface area is 160 Å². The van der Waals surface area contributed by atoms with E-state index in [0.29, 0.717) is 13.1 Å². The third-order valence-electron chi connectivity index (χ3n) is 5.67. The number of ether oxygens (including phenoxy) is 1. The van der Waals surface area contributed by atoms with Crippen LogP contribution in [0.4, 0.5) is 4.79 Å². The van der Waals surface area contributed by atoms with Crippen LogP contribution in [0.25, 0.3) is 0 Å². The van der Waals surface area contributed by atoms with Crippen LogP contribution in [0.15, 0.2) is 0 Å². The van der Waals surface area contributed by atoms with E-state index in [-0.39, 0.29) is 24.6 Å². The molecule has 1 aromatic rings. The molecule has 27 heavy (non-hydrogen) atoms. The van der Waals surface area contributed by atoms with Crippen LogP contribution in [0.2, 0.25) is 0 Å². The van der Waals surface area contributed by atoms with Crippen LogP contribution in [0.3, 0.4) is 0 Å². The fourth-order valence-corrected chi connectivity index (χ4v) is 4.00. The second-order valence-corrected chi connectivity index (χ2v) is 8.09. The molecule has 8 nitrogen and oxygen atoms in total. The number of hydrogen-bond acceptors (Lipinski definition) is 5. The first-order valence-electron chi connectivity index (χ1n) is 9.69. The Bertz CT molecular complexity index is 721. The second kappa shape index (κ2) is 7.50. The Hall–Kier alpha value is -2.09. The maximum absolute atomic E-state index is 12.7. The average molecular weight is 377 g/mol. The Morgan fingerprint density at radius 2 is 2.00 bits per heavy atom. The summed E-state index contributed by atoms with van der Waals surface area (Å²) in [4.78, 5) is 28.2. The first kappa shape index (κ1) is 19.7. The highest BCUT2D eigenvalue weighted by atomic mass is 16.6. The highest BCUT2D eigenvalue weighted by Crippen LogP contribution is 2.31. The summed E-state index contributed by atoms with van der Waals surface area (Å²) in [5.41, 5.74) is 2.66. The van der Waals surface area contributed by atoms with Gasteiger partial charge in [0.15, 0.2) is 0 Å². The minimum atomic E-state index is -0.424. The average Bonchev–Trinajstić information content (AvgIpc) is 3.06. The van der Waals surface area contributed by atoms with Crippen LogP contribution in [0.1, 0.15) is 49.7 Å². The molecule has 3 rings (SSSR count). The van der Waals surface area contributed by atoms with Gasteiger partial charge in [-0.05, 0) is 40.8 Å². The SMILES string of the molecule is Cc1nn(C(C)C)c(C)c1CN(C)C(=O)CN1CC2(CCNCC2)OC1=O. The fourth-order valence-electron chi connectivity index (χ4n) is 4.00. The number of carbonyl (C=O) groups excluding carboxylic acids is 2. The number of aromatic nitrogens is 2. The topological polar surface area (TPSA) is 79.7 Å². The number of nitrogens with zero attached hydrogens (tertiary/aromatic N) is 4. The number of piperidine rings is 1. The number of nitrogens with one attached hydrogen (secondary N) is 1. The molecule has 1 aromatic heterocycles. The number of aryl methyl sites for hydroxylation is 1. The molecule has 2 aliphatic heterocycles. The van der Waals surface area contributed by atoms with Crippen molar-refractivity contribution in [2.45, 2.75) is 58.7 Å². The summed E-state index contributed by atoms with van der Waals surface area (Å²) in [6, 6.07) is 0.277. The van der Waals surface area contributed by atoms with E-state index in [0.717, 1.165) is 42.9 Å². The summed E-state index contributed by atoms with van der Waals surface area (Å²) >= 11 is 0. The molecule has 0 radical (unpaired) electrons. The van der Waals surface area contributed by atoms with Gasteiger partial charge < -0.3 is 15.0 Å². The van der Waals surface area contributed by atoms with Crippen LogP contribution in [-0.4, -0.2) is 70.4 Å². The van der Waals surface area contributed by atoms with Gasteiger partial charge in [-0.15, -0.1) is 0 Å². The summed E-state index contributed by atoms with van der Waals surface area (Å²) < 4.78 is 7.62. The van der Waals surface area contributed by atoms with Crippen molar-refractivity contribution < 1.29 is 14.3 Å². The Balaban J connectivity index is 1.62. The number of carbonyl (C=O) groups is 2. The van der Waals surface area contributed by atoms with Gasteiger partial charge in [0.2, 0.25) is 5.91 Å². The van der Waals surface area contributed by atoms with Crippen LogP contribution >= 0.6 is 0 Å². The van der Waals surface area contributed by atoms with E-state index in [1.54, 1.807) is 16.8 Å². The van der Waals surface area contributed by atoms with Crippen LogP contribution in [0, 0.1) is 13.8 Å². The molecule has 0 aliphatic carbocycles. The molecule has 150 valence electrons. The minimum absolute atomic E-state index is 0.0565. The van der Waals surface area contributed by atoms with Crippen LogP contribution in [0.5, 0.6) is 0 Å². The van der Waals surface area contributed by atoms with Crippen molar-refractivity contribution >= 4 is 12.0 Å². The lowest BCUT2D eigenvalue weighted by molar-refractivity contribution is -0.131. The summed E-state index contributed by atoms with van der Waals surface area (Å²) in [7, 11) is 1.77. The summed E-state index contributed by atoms with van der Waals surface area (Å²) in [5, 5.41) is 7.86. The van der Waals surface area contributed by atoms with Crippen molar-refractivity contribution in [3.63, 3.8) is 0 Å². The van der Waals surface area contributed by atoms with Crippen molar-refractivity contribution in [1.82, 2.24) is 24.9 Å². The molecule has 2 amide bonds. The first-order valence-corrected chi connectivity index (χ1v) is 9.69. The first-order chi connectivity index (χ1) is 12.7. The molecule has 2 aliphatic rings. The Morgan fingerprint density at radius 1 is 1.33 bits per heavy atom. The molecule has 8 heteroatoms. The largest absolute Gasteiger partial charge is 0.441 e. The quantitative estimate of drug-likeness (QED) is 0.843. The van der Waals surface area contributed by atoms with Gasteiger partial charge in [0, 0.05) is 43.7 Å². The molecular formula is C19H31N5O3. The van der Waals surface area contributed by atoms with E-state index < -0.39 is 5.60 Å². The van der Waals surface area contributed by atoms with E-state index in [1.807, 2.05) is 18.5 Å². The predicted molar refractivity (Wildman–Crippen MR) is 101 cm³/mol. The van der Waals surface area contributed by atoms with Crippen molar-refractivity contribution in [3.05, 3.63) is 17.0 Å². The van der Waals surface area contributed by atoms with Gasteiger partial charge >= 0.3 is 6.09 Å². The highest BCUT2D eigenvalue weighted by molar-refractivity contribution is 5.83. The molecule has 2 fully saturated rings. The molecule has 0 unspecified atom stereocenters. The van der Waals surface area contributed by atoms with Gasteiger partial charge in [-0.25, -0.2) is 4.79 Å². The third kappa shape index (κ3) is 3.95. The van der Waals surface area contributed by atoms with Crippen molar-refractivity contribution in [2.24, 2.45) is 0 Å². The van der Waals surface area contributed by atoms with Gasteiger partial charge in [-0.2, -0.15) is 5.10 Å². The Kier molecular flexibility index (Phi) is 5.46.